The fraction of sp³-hybridized carbons (Fsp3) is 0.692. The second kappa shape index (κ2) is 8.12. The van der Waals surface area contributed by atoms with Gasteiger partial charge >= 0.3 is 0 Å². The van der Waals surface area contributed by atoms with Crippen LogP contribution in [0.3, 0.4) is 0 Å². The lowest BCUT2D eigenvalue weighted by molar-refractivity contribution is 0.134. The number of hydrogen-bond acceptors (Lipinski definition) is 4. The number of nitrogens with zero attached hydrogens (tertiary/aromatic N) is 1. The van der Waals surface area contributed by atoms with Crippen LogP contribution in [-0.4, -0.2) is 35.7 Å². The molecule has 2 atom stereocenters. The van der Waals surface area contributed by atoms with Crippen LogP contribution in [0.4, 0.5) is 0 Å². The number of nitrogens with two attached hydrogens (primary N) is 1. The minimum Gasteiger partial charge on any atom is -0.395 e. The number of hydrogen-bond donors (Lipinski definition) is 2. The average molecular weight is 291 g/mol. The topological polar surface area (TPSA) is 49.5 Å². The lowest BCUT2D eigenvalue weighted by atomic mass is 10.0. The Labute approximate surface area is 119 Å². The molecule has 0 aromatic carbocycles. The van der Waals surface area contributed by atoms with Crippen LogP contribution < -0.4 is 5.73 Å². The zero-order valence-electron chi connectivity index (χ0n) is 11.1. The van der Waals surface area contributed by atoms with Crippen molar-refractivity contribution in [3.05, 3.63) is 21.3 Å². The molecule has 104 valence electrons. The minimum absolute atomic E-state index is 0.0674. The van der Waals surface area contributed by atoms with Crippen molar-refractivity contribution in [2.75, 3.05) is 19.7 Å². The van der Waals surface area contributed by atoms with Crippen molar-refractivity contribution in [2.24, 2.45) is 5.73 Å². The quantitative estimate of drug-likeness (QED) is 0.774. The Balaban J connectivity index is 2.94. The van der Waals surface area contributed by atoms with Gasteiger partial charge in [-0.2, -0.15) is 0 Å². The lowest BCUT2D eigenvalue weighted by Crippen LogP contribution is -2.42. The first kappa shape index (κ1) is 15.9. The molecule has 3 N–H and O–H groups in total. The molecule has 1 aromatic rings. The SMILES string of the molecule is CCCN(CCO)C(c1ccc(Cl)s1)C(N)CC. The smallest absolute Gasteiger partial charge is 0.0931 e. The predicted octanol–water partition coefficient (Wildman–Crippen LogP) is 2.88. The highest BCUT2D eigenvalue weighted by atomic mass is 35.5. The van der Waals surface area contributed by atoms with Gasteiger partial charge in [0, 0.05) is 17.5 Å². The van der Waals surface area contributed by atoms with E-state index in [0.717, 1.165) is 23.7 Å². The lowest BCUT2D eigenvalue weighted by Gasteiger charge is -2.34. The summed E-state index contributed by atoms with van der Waals surface area (Å²) in [7, 11) is 0. The van der Waals surface area contributed by atoms with Gasteiger partial charge < -0.3 is 10.8 Å². The molecule has 3 nitrogen and oxygen atoms in total. The highest BCUT2D eigenvalue weighted by Crippen LogP contribution is 2.33. The largest absolute Gasteiger partial charge is 0.395 e. The van der Waals surface area contributed by atoms with Crippen LogP contribution in [0.5, 0.6) is 0 Å². The summed E-state index contributed by atoms with van der Waals surface area (Å²) in [6, 6.07) is 4.19. The Morgan fingerprint density at radius 1 is 1.39 bits per heavy atom. The summed E-state index contributed by atoms with van der Waals surface area (Å²) < 4.78 is 0.791. The van der Waals surface area contributed by atoms with Crippen molar-refractivity contribution in [2.45, 2.75) is 38.8 Å². The molecule has 0 saturated heterocycles. The maximum Gasteiger partial charge on any atom is 0.0931 e. The van der Waals surface area contributed by atoms with Gasteiger partial charge in [0.15, 0.2) is 0 Å². The molecule has 0 spiro atoms. The van der Waals surface area contributed by atoms with E-state index in [9.17, 15) is 5.11 Å². The van der Waals surface area contributed by atoms with Gasteiger partial charge in [0.05, 0.1) is 17.0 Å². The second-order valence-electron chi connectivity index (χ2n) is 4.42. The van der Waals surface area contributed by atoms with E-state index >= 15 is 0 Å². The van der Waals surface area contributed by atoms with E-state index in [1.165, 1.54) is 4.88 Å². The summed E-state index contributed by atoms with van der Waals surface area (Å²) in [5.41, 5.74) is 6.26. The van der Waals surface area contributed by atoms with Crippen LogP contribution >= 0.6 is 22.9 Å². The van der Waals surface area contributed by atoms with Crippen molar-refractivity contribution in [3.63, 3.8) is 0 Å². The average Bonchev–Trinajstić information content (AvgIpc) is 2.76. The Hall–Kier alpha value is -0.130. The second-order valence-corrected chi connectivity index (χ2v) is 6.17. The number of aliphatic hydroxyl groups is 1. The van der Waals surface area contributed by atoms with Gasteiger partial charge in [0.25, 0.3) is 0 Å². The molecule has 0 saturated carbocycles. The molecule has 2 unspecified atom stereocenters. The van der Waals surface area contributed by atoms with Gasteiger partial charge in [-0.05, 0) is 31.5 Å². The summed E-state index contributed by atoms with van der Waals surface area (Å²) in [6.45, 7) is 5.98. The Morgan fingerprint density at radius 2 is 2.11 bits per heavy atom. The third-order valence-corrected chi connectivity index (χ3v) is 4.36. The Bertz CT molecular complexity index is 339. The fourth-order valence-corrected chi connectivity index (χ4v) is 3.45. The molecule has 18 heavy (non-hydrogen) atoms. The monoisotopic (exact) mass is 290 g/mol. The molecule has 0 aliphatic heterocycles. The molecule has 0 aliphatic rings. The van der Waals surface area contributed by atoms with Crippen LogP contribution in [-0.2, 0) is 0 Å². The molecule has 5 heteroatoms. The van der Waals surface area contributed by atoms with Crippen molar-refractivity contribution in [3.8, 4) is 0 Å². The van der Waals surface area contributed by atoms with Gasteiger partial charge in [0.2, 0.25) is 0 Å². The molecule has 0 aliphatic carbocycles. The van der Waals surface area contributed by atoms with E-state index in [1.54, 1.807) is 11.3 Å². The molecule has 0 radical (unpaired) electrons. The molecule has 0 bridgehead atoms. The third kappa shape index (κ3) is 4.21. The first-order valence-corrected chi connectivity index (χ1v) is 7.69. The highest BCUT2D eigenvalue weighted by molar-refractivity contribution is 7.16. The van der Waals surface area contributed by atoms with Crippen molar-refractivity contribution in [1.29, 1.82) is 0 Å². The third-order valence-electron chi connectivity index (χ3n) is 3.05. The standard InChI is InChI=1S/C13H23ClN2OS/c1-3-7-16(8-9-17)13(10(15)4-2)11-5-6-12(14)18-11/h5-6,10,13,17H,3-4,7-9,15H2,1-2H3. The number of thiophene rings is 1. The molecular formula is C13H23ClN2OS. The maximum atomic E-state index is 9.21. The van der Waals surface area contributed by atoms with Gasteiger partial charge in [-0.15, -0.1) is 11.3 Å². The normalized spacial score (nSPS) is 15.0. The van der Waals surface area contributed by atoms with E-state index in [0.29, 0.717) is 6.54 Å². The summed E-state index contributed by atoms with van der Waals surface area (Å²) >= 11 is 7.60. The van der Waals surface area contributed by atoms with Crippen molar-refractivity contribution >= 4 is 22.9 Å². The van der Waals surface area contributed by atoms with Gasteiger partial charge in [-0.1, -0.05) is 25.4 Å². The van der Waals surface area contributed by atoms with E-state index < -0.39 is 0 Å². The molecule has 1 heterocycles. The summed E-state index contributed by atoms with van der Waals surface area (Å²) in [6.07, 6.45) is 1.96. The van der Waals surface area contributed by atoms with Gasteiger partial charge in [-0.25, -0.2) is 0 Å². The highest BCUT2D eigenvalue weighted by Gasteiger charge is 2.26. The van der Waals surface area contributed by atoms with Crippen LogP contribution in [0, 0.1) is 0 Å². The molecule has 1 rings (SSSR count). The first-order valence-electron chi connectivity index (χ1n) is 6.49. The Morgan fingerprint density at radius 3 is 2.56 bits per heavy atom. The van der Waals surface area contributed by atoms with Crippen molar-refractivity contribution in [1.82, 2.24) is 4.90 Å². The van der Waals surface area contributed by atoms with Gasteiger partial charge in [-0.3, -0.25) is 4.90 Å². The van der Waals surface area contributed by atoms with Crippen LogP contribution in [0.1, 0.15) is 37.6 Å². The zero-order chi connectivity index (χ0) is 13.5. The molecular weight excluding hydrogens is 268 g/mol. The van der Waals surface area contributed by atoms with E-state index in [4.69, 9.17) is 17.3 Å². The summed E-state index contributed by atoms with van der Waals surface area (Å²) in [4.78, 5) is 3.45. The molecule has 0 fully saturated rings. The number of aliphatic hydroxyl groups excluding tert-OH is 1. The predicted molar refractivity (Wildman–Crippen MR) is 79.3 cm³/mol. The fourth-order valence-electron chi connectivity index (χ4n) is 2.18. The van der Waals surface area contributed by atoms with Crippen LogP contribution in [0.15, 0.2) is 12.1 Å². The summed E-state index contributed by atoms with van der Waals surface area (Å²) in [5, 5.41) is 9.21. The Kier molecular flexibility index (Phi) is 7.19. The zero-order valence-corrected chi connectivity index (χ0v) is 12.7. The molecule has 1 aromatic heterocycles. The van der Waals surface area contributed by atoms with Crippen LogP contribution in [0.2, 0.25) is 4.34 Å². The number of halogens is 1. The first-order chi connectivity index (χ1) is 8.63. The molecule has 0 amide bonds. The van der Waals surface area contributed by atoms with Crippen LogP contribution in [0.25, 0.3) is 0 Å². The van der Waals surface area contributed by atoms with Crippen molar-refractivity contribution < 1.29 is 5.11 Å². The van der Waals surface area contributed by atoms with Gasteiger partial charge in [0.1, 0.15) is 0 Å². The summed E-state index contributed by atoms with van der Waals surface area (Å²) in [5.74, 6) is 0. The van der Waals surface area contributed by atoms with E-state index in [1.807, 2.05) is 12.1 Å². The minimum atomic E-state index is 0.0674. The van der Waals surface area contributed by atoms with E-state index in [2.05, 4.69) is 18.7 Å². The number of rotatable bonds is 8. The van der Waals surface area contributed by atoms with E-state index in [-0.39, 0.29) is 18.7 Å². The maximum absolute atomic E-state index is 9.21.